The molecule has 4 rings (SSSR count). The van der Waals surface area contributed by atoms with Gasteiger partial charge < -0.3 is 4.90 Å². The Balaban J connectivity index is 1.44. The second kappa shape index (κ2) is 7.37. The number of aromatic nitrogens is 3. The molecule has 2 fully saturated rings. The highest BCUT2D eigenvalue weighted by Gasteiger charge is 2.32. The molecule has 1 aromatic carbocycles. The monoisotopic (exact) mass is 381 g/mol. The Morgan fingerprint density at radius 3 is 2.43 bits per heavy atom. The van der Waals surface area contributed by atoms with E-state index >= 15 is 0 Å². The second-order valence-electron chi connectivity index (χ2n) is 8.13. The molecule has 1 saturated carbocycles. The summed E-state index contributed by atoms with van der Waals surface area (Å²) in [4.78, 5) is 27.6. The van der Waals surface area contributed by atoms with Gasteiger partial charge in [0.2, 0.25) is 11.9 Å². The van der Waals surface area contributed by atoms with Crippen LogP contribution in [0.3, 0.4) is 0 Å². The first-order valence-electron chi connectivity index (χ1n) is 10.0. The van der Waals surface area contributed by atoms with Crippen molar-refractivity contribution in [3.63, 3.8) is 0 Å². The third kappa shape index (κ3) is 3.79. The van der Waals surface area contributed by atoms with Gasteiger partial charge in [0, 0.05) is 24.7 Å². The van der Waals surface area contributed by atoms with Crippen LogP contribution in [0.25, 0.3) is 0 Å². The Morgan fingerprint density at radius 2 is 1.75 bits per heavy atom. The number of amides is 2. The molecule has 7 nitrogen and oxygen atoms in total. The van der Waals surface area contributed by atoms with Crippen molar-refractivity contribution in [1.29, 1.82) is 0 Å². The van der Waals surface area contributed by atoms with E-state index in [9.17, 15) is 9.59 Å². The Bertz CT molecular complexity index is 895. The van der Waals surface area contributed by atoms with E-state index in [1.807, 2.05) is 37.5 Å². The maximum Gasteiger partial charge on any atom is 0.253 e. The standard InChI is InChI=1S/C21H27N5O2/c1-13-9-14(2)11-17(10-13)20(28)25-8-4-5-16(12-25)19(27)22-21-24-23-15(3)26(21)18-6-7-18/h9-11,16,18H,4-8,12H2,1-3H3,(H,22,24,27). The Morgan fingerprint density at radius 1 is 1.04 bits per heavy atom. The highest BCUT2D eigenvalue weighted by atomic mass is 16.2. The summed E-state index contributed by atoms with van der Waals surface area (Å²) in [6.45, 7) is 7.02. The molecular formula is C21H27N5O2. The number of aryl methyl sites for hydroxylation is 3. The number of piperidine rings is 1. The maximum atomic E-state index is 13.0. The topological polar surface area (TPSA) is 80.1 Å². The van der Waals surface area contributed by atoms with Gasteiger partial charge in [-0.3, -0.25) is 19.5 Å². The highest BCUT2D eigenvalue weighted by Crippen LogP contribution is 2.37. The first kappa shape index (κ1) is 18.7. The van der Waals surface area contributed by atoms with Crippen molar-refractivity contribution < 1.29 is 9.59 Å². The van der Waals surface area contributed by atoms with Crippen LogP contribution < -0.4 is 5.32 Å². The summed E-state index contributed by atoms with van der Waals surface area (Å²) >= 11 is 0. The summed E-state index contributed by atoms with van der Waals surface area (Å²) in [5, 5.41) is 11.2. The van der Waals surface area contributed by atoms with E-state index in [4.69, 9.17) is 0 Å². The molecule has 7 heteroatoms. The summed E-state index contributed by atoms with van der Waals surface area (Å²) < 4.78 is 2.01. The minimum atomic E-state index is -0.228. The van der Waals surface area contributed by atoms with E-state index in [0.717, 1.165) is 42.6 Å². The predicted octanol–water partition coefficient (Wildman–Crippen LogP) is 3.03. The summed E-state index contributed by atoms with van der Waals surface area (Å²) in [6.07, 6.45) is 3.80. The molecule has 0 bridgehead atoms. The zero-order chi connectivity index (χ0) is 19.8. The van der Waals surface area contributed by atoms with E-state index in [1.165, 1.54) is 0 Å². The van der Waals surface area contributed by atoms with Crippen LogP contribution in [0.2, 0.25) is 0 Å². The van der Waals surface area contributed by atoms with Gasteiger partial charge >= 0.3 is 0 Å². The van der Waals surface area contributed by atoms with Crippen molar-refractivity contribution in [3.05, 3.63) is 40.7 Å². The number of rotatable bonds is 4. The van der Waals surface area contributed by atoms with Crippen LogP contribution >= 0.6 is 0 Å². The number of likely N-dealkylation sites (tertiary alicyclic amines) is 1. The number of hydrogen-bond donors (Lipinski definition) is 1. The molecule has 148 valence electrons. The van der Waals surface area contributed by atoms with Crippen molar-refractivity contribution >= 4 is 17.8 Å². The van der Waals surface area contributed by atoms with Crippen molar-refractivity contribution in [2.75, 3.05) is 18.4 Å². The van der Waals surface area contributed by atoms with Crippen molar-refractivity contribution in [1.82, 2.24) is 19.7 Å². The highest BCUT2D eigenvalue weighted by molar-refractivity contribution is 5.96. The molecule has 0 radical (unpaired) electrons. The molecule has 1 N–H and O–H groups in total. The second-order valence-corrected chi connectivity index (χ2v) is 8.13. The number of nitrogens with zero attached hydrogens (tertiary/aromatic N) is 4. The average molecular weight is 381 g/mol. The van der Waals surface area contributed by atoms with Gasteiger partial charge in [0.05, 0.1) is 5.92 Å². The summed E-state index contributed by atoms with van der Waals surface area (Å²) in [5.41, 5.74) is 2.84. The fraction of sp³-hybridized carbons (Fsp3) is 0.524. The quantitative estimate of drug-likeness (QED) is 0.883. The van der Waals surface area contributed by atoms with Gasteiger partial charge in [0.1, 0.15) is 5.82 Å². The van der Waals surface area contributed by atoms with E-state index in [2.05, 4.69) is 21.6 Å². The molecule has 2 amide bonds. The summed E-state index contributed by atoms with van der Waals surface area (Å²) in [5.74, 6) is 1.05. The van der Waals surface area contributed by atoms with Crippen LogP contribution in [-0.2, 0) is 4.79 Å². The van der Waals surface area contributed by atoms with Gasteiger partial charge in [-0.25, -0.2) is 0 Å². The summed E-state index contributed by atoms with van der Waals surface area (Å²) in [6, 6.07) is 6.29. The summed E-state index contributed by atoms with van der Waals surface area (Å²) in [7, 11) is 0. The van der Waals surface area contributed by atoms with Crippen molar-refractivity contribution in [2.24, 2.45) is 5.92 Å². The third-order valence-corrected chi connectivity index (χ3v) is 5.56. The number of hydrogen-bond acceptors (Lipinski definition) is 4. The van der Waals surface area contributed by atoms with E-state index in [1.54, 1.807) is 4.90 Å². The van der Waals surface area contributed by atoms with Crippen molar-refractivity contribution in [3.8, 4) is 0 Å². The largest absolute Gasteiger partial charge is 0.338 e. The molecule has 1 atom stereocenters. The zero-order valence-electron chi connectivity index (χ0n) is 16.7. The van der Waals surface area contributed by atoms with Gasteiger partial charge in [-0.05, 0) is 58.6 Å². The van der Waals surface area contributed by atoms with Gasteiger partial charge in [0.15, 0.2) is 0 Å². The SMILES string of the molecule is Cc1cc(C)cc(C(=O)N2CCCC(C(=O)Nc3nnc(C)n3C3CC3)C2)c1. The Labute approximate surface area is 165 Å². The molecule has 2 aromatic rings. The van der Waals surface area contributed by atoms with E-state index < -0.39 is 0 Å². The number of nitrogens with one attached hydrogen (secondary N) is 1. The molecule has 2 heterocycles. The predicted molar refractivity (Wildman–Crippen MR) is 106 cm³/mol. The Hall–Kier alpha value is -2.70. The minimum absolute atomic E-state index is 0.00120. The van der Waals surface area contributed by atoms with E-state index in [0.29, 0.717) is 30.6 Å². The number of carbonyl (C=O) groups excluding carboxylic acids is 2. The van der Waals surface area contributed by atoms with Gasteiger partial charge in [-0.2, -0.15) is 0 Å². The van der Waals surface area contributed by atoms with Crippen molar-refractivity contribution in [2.45, 2.75) is 52.5 Å². The fourth-order valence-corrected chi connectivity index (χ4v) is 4.09. The van der Waals surface area contributed by atoms with Crippen LogP contribution in [0.4, 0.5) is 5.95 Å². The molecule has 1 unspecified atom stereocenters. The lowest BCUT2D eigenvalue weighted by atomic mass is 9.96. The van der Waals surface area contributed by atoms with Crippen LogP contribution in [0.5, 0.6) is 0 Å². The fourth-order valence-electron chi connectivity index (χ4n) is 4.09. The third-order valence-electron chi connectivity index (χ3n) is 5.56. The van der Waals surface area contributed by atoms with Crippen LogP contribution in [0.1, 0.15) is 59.0 Å². The molecule has 1 aliphatic carbocycles. The minimum Gasteiger partial charge on any atom is -0.338 e. The van der Waals surface area contributed by atoms with Crippen LogP contribution in [0, 0.1) is 26.7 Å². The number of anilines is 1. The molecule has 1 aromatic heterocycles. The van der Waals surface area contributed by atoms with Gasteiger partial charge in [-0.1, -0.05) is 17.2 Å². The molecule has 0 spiro atoms. The van der Waals surface area contributed by atoms with Gasteiger partial charge in [0.25, 0.3) is 5.91 Å². The first-order valence-corrected chi connectivity index (χ1v) is 10.0. The Kier molecular flexibility index (Phi) is 4.91. The molecule has 1 saturated heterocycles. The van der Waals surface area contributed by atoms with E-state index in [-0.39, 0.29) is 17.7 Å². The lowest BCUT2D eigenvalue weighted by Crippen LogP contribution is -2.44. The normalized spacial score (nSPS) is 19.5. The van der Waals surface area contributed by atoms with Gasteiger partial charge in [-0.15, -0.1) is 10.2 Å². The number of benzene rings is 1. The molecular weight excluding hydrogens is 354 g/mol. The first-order chi connectivity index (χ1) is 13.4. The average Bonchev–Trinajstić information content (AvgIpc) is 3.44. The lowest BCUT2D eigenvalue weighted by Gasteiger charge is -2.32. The number of carbonyl (C=O) groups is 2. The van der Waals surface area contributed by atoms with Crippen LogP contribution in [-0.4, -0.2) is 44.6 Å². The molecule has 1 aliphatic heterocycles. The molecule has 2 aliphatic rings. The zero-order valence-corrected chi connectivity index (χ0v) is 16.7. The maximum absolute atomic E-state index is 13.0. The smallest absolute Gasteiger partial charge is 0.253 e. The lowest BCUT2D eigenvalue weighted by molar-refractivity contribution is -0.121. The van der Waals surface area contributed by atoms with Crippen LogP contribution in [0.15, 0.2) is 18.2 Å². The molecule has 28 heavy (non-hydrogen) atoms.